The van der Waals surface area contributed by atoms with Gasteiger partial charge in [-0.3, -0.25) is 13.9 Å². The Labute approximate surface area is 141 Å². The number of nitrogens with zero attached hydrogens (tertiary/aromatic N) is 5. The van der Waals surface area contributed by atoms with E-state index in [1.165, 1.54) is 15.5 Å². The monoisotopic (exact) mass is 334 g/mol. The number of hydrogen-bond acceptors (Lipinski definition) is 3. The molecule has 0 atom stereocenters. The first-order chi connectivity index (χ1) is 12.0. The molecule has 1 N–H and O–H groups in total. The van der Waals surface area contributed by atoms with E-state index in [1.54, 1.807) is 30.8 Å². The predicted octanol–water partition coefficient (Wildman–Crippen LogP) is 1.51. The van der Waals surface area contributed by atoms with E-state index in [9.17, 15) is 9.59 Å². The summed E-state index contributed by atoms with van der Waals surface area (Å²) in [6, 6.07) is 7.16. The summed E-state index contributed by atoms with van der Waals surface area (Å²) < 4.78 is 4.17. The molecule has 0 unspecified atom stereocenters. The van der Waals surface area contributed by atoms with E-state index >= 15 is 0 Å². The highest BCUT2D eigenvalue weighted by Gasteiger charge is 2.15. The summed E-state index contributed by atoms with van der Waals surface area (Å²) in [7, 11) is 3.32. The Balaban J connectivity index is 1.89. The zero-order valence-corrected chi connectivity index (χ0v) is 13.6. The number of aromatic nitrogens is 5. The van der Waals surface area contributed by atoms with Crippen LogP contribution >= 0.6 is 0 Å². The lowest BCUT2D eigenvalue weighted by atomic mass is 10.2. The zero-order valence-electron chi connectivity index (χ0n) is 13.6. The molecule has 124 valence electrons. The quantitative estimate of drug-likeness (QED) is 0.564. The molecule has 4 rings (SSSR count). The second kappa shape index (κ2) is 5.21. The number of hydrogen-bond donors (Lipinski definition) is 1. The summed E-state index contributed by atoms with van der Waals surface area (Å²) in [5, 5.41) is 0.870. The molecular weight excluding hydrogens is 320 g/mol. The van der Waals surface area contributed by atoms with Gasteiger partial charge < -0.3 is 9.55 Å². The summed E-state index contributed by atoms with van der Waals surface area (Å²) in [6.07, 6.45) is 1.52. The van der Waals surface area contributed by atoms with Crippen LogP contribution in [0, 0.1) is 6.57 Å². The molecule has 3 aromatic heterocycles. The van der Waals surface area contributed by atoms with E-state index in [0.29, 0.717) is 16.9 Å². The van der Waals surface area contributed by atoms with Crippen LogP contribution in [-0.4, -0.2) is 23.7 Å². The Morgan fingerprint density at radius 1 is 1.24 bits per heavy atom. The van der Waals surface area contributed by atoms with Crippen molar-refractivity contribution in [2.75, 3.05) is 0 Å². The van der Waals surface area contributed by atoms with Crippen LogP contribution in [0.15, 0.2) is 40.2 Å². The van der Waals surface area contributed by atoms with Crippen molar-refractivity contribution in [2.24, 2.45) is 14.1 Å². The van der Waals surface area contributed by atoms with Crippen LogP contribution in [0.3, 0.4) is 0 Å². The van der Waals surface area contributed by atoms with Gasteiger partial charge in [-0.2, -0.15) is 0 Å². The molecule has 0 saturated heterocycles. The minimum absolute atomic E-state index is 0.120. The highest BCUT2D eigenvalue weighted by atomic mass is 16.2. The van der Waals surface area contributed by atoms with E-state index in [-0.39, 0.29) is 12.1 Å². The molecule has 25 heavy (non-hydrogen) atoms. The van der Waals surface area contributed by atoms with Gasteiger partial charge in [0.2, 0.25) is 0 Å². The topological polar surface area (TPSA) is 82.0 Å². The fraction of sp³-hybridized carbons (Fsp3) is 0.176. The van der Waals surface area contributed by atoms with E-state index in [0.717, 1.165) is 16.6 Å². The Bertz CT molecular complexity index is 1300. The lowest BCUT2D eigenvalue weighted by Gasteiger charge is -2.07. The van der Waals surface area contributed by atoms with Gasteiger partial charge in [0, 0.05) is 25.3 Å². The largest absolute Gasteiger partial charge is 0.357 e. The van der Waals surface area contributed by atoms with Crippen molar-refractivity contribution in [1.29, 1.82) is 0 Å². The van der Waals surface area contributed by atoms with Gasteiger partial charge in [0.15, 0.2) is 16.9 Å². The molecular formula is C17H14N6O2. The first kappa shape index (κ1) is 15.0. The normalized spacial score (nSPS) is 11.2. The van der Waals surface area contributed by atoms with Crippen LogP contribution in [0.2, 0.25) is 0 Å². The maximum absolute atomic E-state index is 12.7. The number of nitrogens with one attached hydrogen (secondary N) is 1. The first-order valence-corrected chi connectivity index (χ1v) is 7.59. The van der Waals surface area contributed by atoms with Gasteiger partial charge in [-0.05, 0) is 23.6 Å². The van der Waals surface area contributed by atoms with Crippen LogP contribution < -0.4 is 11.2 Å². The molecule has 0 bridgehead atoms. The number of imidazole rings is 1. The second-order valence-corrected chi connectivity index (χ2v) is 5.94. The molecule has 3 heterocycles. The summed E-state index contributed by atoms with van der Waals surface area (Å²) in [5.41, 5.74) is 2.07. The molecule has 0 radical (unpaired) electrons. The third-order valence-corrected chi connectivity index (χ3v) is 4.32. The van der Waals surface area contributed by atoms with Crippen molar-refractivity contribution in [2.45, 2.75) is 6.54 Å². The van der Waals surface area contributed by atoms with Crippen molar-refractivity contribution in [3.63, 3.8) is 0 Å². The number of fused-ring (bicyclic) bond motifs is 2. The molecule has 0 amide bonds. The molecule has 1 aromatic carbocycles. The maximum Gasteiger partial charge on any atom is 0.332 e. The standard InChI is InChI=1S/C17H14N6O2/c1-18-11-4-5-13-10(6-11)7-12(20-13)8-23-16(24)14-15(19-9-21(14)2)22(3)17(23)25/h4-7,9,20H,8H2,2-3H3. The molecule has 8 nitrogen and oxygen atoms in total. The van der Waals surface area contributed by atoms with Gasteiger partial charge in [0.1, 0.15) is 0 Å². The van der Waals surface area contributed by atoms with Crippen molar-refractivity contribution >= 4 is 27.8 Å². The third kappa shape index (κ3) is 2.17. The molecule has 8 heteroatoms. The Hall–Kier alpha value is -3.60. The maximum atomic E-state index is 12.7. The highest BCUT2D eigenvalue weighted by Crippen LogP contribution is 2.22. The second-order valence-electron chi connectivity index (χ2n) is 5.94. The van der Waals surface area contributed by atoms with Gasteiger partial charge in [-0.15, -0.1) is 0 Å². The zero-order chi connectivity index (χ0) is 17.7. The third-order valence-electron chi connectivity index (χ3n) is 4.32. The summed E-state index contributed by atoms with van der Waals surface area (Å²) >= 11 is 0. The molecule has 0 spiro atoms. The van der Waals surface area contributed by atoms with Gasteiger partial charge in [0.25, 0.3) is 5.56 Å². The molecule has 4 aromatic rings. The molecule has 0 aliphatic rings. The average molecular weight is 334 g/mol. The summed E-state index contributed by atoms with van der Waals surface area (Å²) in [6.45, 7) is 7.20. The fourth-order valence-electron chi connectivity index (χ4n) is 3.04. The number of benzene rings is 1. The van der Waals surface area contributed by atoms with Gasteiger partial charge in [-0.25, -0.2) is 14.6 Å². The minimum Gasteiger partial charge on any atom is -0.357 e. The van der Waals surface area contributed by atoms with Gasteiger partial charge >= 0.3 is 5.69 Å². The van der Waals surface area contributed by atoms with Crippen molar-refractivity contribution < 1.29 is 0 Å². The van der Waals surface area contributed by atoms with Gasteiger partial charge in [-0.1, -0.05) is 6.07 Å². The fourth-order valence-corrected chi connectivity index (χ4v) is 3.04. The van der Waals surface area contributed by atoms with Gasteiger partial charge in [0.05, 0.1) is 19.4 Å². The van der Waals surface area contributed by atoms with Crippen LogP contribution in [0.4, 0.5) is 5.69 Å². The molecule has 0 fully saturated rings. The van der Waals surface area contributed by atoms with E-state index in [4.69, 9.17) is 6.57 Å². The van der Waals surface area contributed by atoms with Crippen LogP contribution in [-0.2, 0) is 20.6 Å². The lowest BCUT2D eigenvalue weighted by molar-refractivity contribution is 0.648. The summed E-state index contributed by atoms with van der Waals surface area (Å²) in [5.74, 6) is 0. The SMILES string of the molecule is [C-]#[N+]c1ccc2[nH]c(Cn3c(=O)c4c(ncn4C)n(C)c3=O)cc2c1. The molecule has 0 aliphatic heterocycles. The van der Waals surface area contributed by atoms with Crippen molar-refractivity contribution in [3.8, 4) is 0 Å². The van der Waals surface area contributed by atoms with E-state index in [1.807, 2.05) is 12.1 Å². The van der Waals surface area contributed by atoms with E-state index < -0.39 is 5.69 Å². The molecule has 0 aliphatic carbocycles. The Kier molecular flexibility index (Phi) is 3.12. The Morgan fingerprint density at radius 2 is 2.04 bits per heavy atom. The van der Waals surface area contributed by atoms with E-state index in [2.05, 4.69) is 14.8 Å². The number of rotatable bonds is 2. The lowest BCUT2D eigenvalue weighted by Crippen LogP contribution is -2.39. The van der Waals surface area contributed by atoms with Crippen LogP contribution in [0.25, 0.3) is 26.9 Å². The number of aryl methyl sites for hydroxylation is 2. The highest BCUT2D eigenvalue weighted by molar-refractivity contribution is 5.84. The van der Waals surface area contributed by atoms with Crippen molar-refractivity contribution in [1.82, 2.24) is 23.7 Å². The number of aromatic amines is 1. The Morgan fingerprint density at radius 3 is 2.80 bits per heavy atom. The molecule has 0 saturated carbocycles. The smallest absolute Gasteiger partial charge is 0.332 e. The summed E-state index contributed by atoms with van der Waals surface area (Å²) in [4.78, 5) is 36.0. The number of H-pyrrole nitrogens is 1. The predicted molar refractivity (Wildman–Crippen MR) is 93.9 cm³/mol. The average Bonchev–Trinajstić information content (AvgIpc) is 3.19. The van der Waals surface area contributed by atoms with Crippen molar-refractivity contribution in [3.05, 3.63) is 68.5 Å². The van der Waals surface area contributed by atoms with Crippen LogP contribution in [0.1, 0.15) is 5.69 Å². The first-order valence-electron chi connectivity index (χ1n) is 7.59. The van der Waals surface area contributed by atoms with Crippen LogP contribution in [0.5, 0.6) is 0 Å². The minimum atomic E-state index is -0.420.